The van der Waals surface area contributed by atoms with Crippen molar-refractivity contribution in [2.75, 3.05) is 6.54 Å². The summed E-state index contributed by atoms with van der Waals surface area (Å²) in [5, 5.41) is 3.40. The predicted octanol–water partition coefficient (Wildman–Crippen LogP) is 3.30. The van der Waals surface area contributed by atoms with Gasteiger partial charge in [0.25, 0.3) is 0 Å². The summed E-state index contributed by atoms with van der Waals surface area (Å²) in [7, 11) is 0. The largest absolute Gasteiger partial charge is 0.489 e. The van der Waals surface area contributed by atoms with Crippen LogP contribution in [0, 0.1) is 0 Å². The molecule has 1 fully saturated rings. The van der Waals surface area contributed by atoms with Gasteiger partial charge in [-0.25, -0.2) is 0 Å². The van der Waals surface area contributed by atoms with Gasteiger partial charge in [0.1, 0.15) is 12.4 Å². The van der Waals surface area contributed by atoms with E-state index in [0.29, 0.717) is 12.6 Å². The van der Waals surface area contributed by atoms with E-state index in [1.54, 1.807) is 0 Å². The van der Waals surface area contributed by atoms with Crippen LogP contribution in [0.1, 0.15) is 23.6 Å². The summed E-state index contributed by atoms with van der Waals surface area (Å²) in [6.07, 6.45) is 1.24. The lowest BCUT2D eigenvalue weighted by Gasteiger charge is -2.28. The first kappa shape index (κ1) is 11.3. The molecule has 0 aromatic heterocycles. The molecule has 2 aromatic rings. The van der Waals surface area contributed by atoms with Crippen molar-refractivity contribution < 1.29 is 4.74 Å². The fraction of sp³-hybridized carbons (Fsp3) is 0.250. The van der Waals surface area contributed by atoms with E-state index in [4.69, 9.17) is 4.74 Å². The Morgan fingerprint density at radius 3 is 2.33 bits per heavy atom. The molecule has 0 unspecified atom stereocenters. The van der Waals surface area contributed by atoms with Gasteiger partial charge in [-0.05, 0) is 36.2 Å². The first-order valence-electron chi connectivity index (χ1n) is 6.42. The Morgan fingerprint density at radius 2 is 1.72 bits per heavy atom. The molecule has 0 spiro atoms. The van der Waals surface area contributed by atoms with Crippen molar-refractivity contribution in [1.82, 2.24) is 5.32 Å². The molecule has 2 nitrogen and oxygen atoms in total. The maximum absolute atomic E-state index is 5.76. The van der Waals surface area contributed by atoms with Crippen LogP contribution in [-0.4, -0.2) is 6.54 Å². The third kappa shape index (κ3) is 2.54. The average Bonchev–Trinajstić information content (AvgIpc) is 2.37. The summed E-state index contributed by atoms with van der Waals surface area (Å²) >= 11 is 0. The van der Waals surface area contributed by atoms with Crippen LogP contribution in [-0.2, 0) is 6.61 Å². The standard InChI is InChI=1S/C16H17NO/c1-2-4-13(5-3-1)12-18-15-8-6-14(7-9-15)16-10-11-17-16/h1-9,16-17H,10-12H2/t16-/m0/s1. The minimum atomic E-state index is 0.549. The van der Waals surface area contributed by atoms with E-state index in [2.05, 4.69) is 41.7 Å². The third-order valence-corrected chi connectivity index (χ3v) is 3.35. The first-order chi connectivity index (χ1) is 8.92. The Balaban J connectivity index is 1.59. The summed E-state index contributed by atoms with van der Waals surface area (Å²) in [6, 6.07) is 19.2. The van der Waals surface area contributed by atoms with Gasteiger partial charge < -0.3 is 10.1 Å². The highest BCUT2D eigenvalue weighted by molar-refractivity contribution is 5.30. The zero-order valence-electron chi connectivity index (χ0n) is 10.3. The van der Waals surface area contributed by atoms with Gasteiger partial charge >= 0.3 is 0 Å². The molecule has 1 aliphatic heterocycles. The Bertz CT molecular complexity index is 488. The normalized spacial score (nSPS) is 18.1. The summed E-state index contributed by atoms with van der Waals surface area (Å²) < 4.78 is 5.76. The maximum Gasteiger partial charge on any atom is 0.119 e. The Hall–Kier alpha value is -1.80. The Morgan fingerprint density at radius 1 is 1.00 bits per heavy atom. The fourth-order valence-electron chi connectivity index (χ4n) is 2.11. The lowest BCUT2D eigenvalue weighted by molar-refractivity contribution is 0.305. The van der Waals surface area contributed by atoms with Gasteiger partial charge in [0.05, 0.1) is 0 Å². The molecule has 1 saturated heterocycles. The second-order valence-corrected chi connectivity index (χ2v) is 4.64. The average molecular weight is 239 g/mol. The summed E-state index contributed by atoms with van der Waals surface area (Å²) in [4.78, 5) is 0. The Labute approximate surface area is 108 Å². The van der Waals surface area contributed by atoms with Gasteiger partial charge in [-0.2, -0.15) is 0 Å². The summed E-state index contributed by atoms with van der Waals surface area (Å²) in [6.45, 7) is 1.76. The van der Waals surface area contributed by atoms with Gasteiger partial charge in [-0.15, -0.1) is 0 Å². The molecule has 2 heteroatoms. The van der Waals surface area contributed by atoms with E-state index < -0.39 is 0 Å². The zero-order valence-corrected chi connectivity index (χ0v) is 10.3. The minimum absolute atomic E-state index is 0.549. The molecule has 1 N–H and O–H groups in total. The highest BCUT2D eigenvalue weighted by atomic mass is 16.5. The van der Waals surface area contributed by atoms with Crippen molar-refractivity contribution in [3.63, 3.8) is 0 Å². The lowest BCUT2D eigenvalue weighted by Crippen LogP contribution is -2.34. The van der Waals surface area contributed by atoms with E-state index in [0.717, 1.165) is 12.3 Å². The van der Waals surface area contributed by atoms with Crippen LogP contribution in [0.25, 0.3) is 0 Å². The van der Waals surface area contributed by atoms with Crippen molar-refractivity contribution in [2.24, 2.45) is 0 Å². The molecular weight excluding hydrogens is 222 g/mol. The van der Waals surface area contributed by atoms with Crippen LogP contribution < -0.4 is 10.1 Å². The SMILES string of the molecule is c1ccc(COc2ccc([C@@H]3CCN3)cc2)cc1. The van der Waals surface area contributed by atoms with Crippen molar-refractivity contribution in [2.45, 2.75) is 19.1 Å². The molecule has 0 radical (unpaired) electrons. The molecule has 0 aliphatic carbocycles. The van der Waals surface area contributed by atoms with Crippen LogP contribution in [0.5, 0.6) is 5.75 Å². The highest BCUT2D eigenvalue weighted by Gasteiger charge is 2.17. The van der Waals surface area contributed by atoms with E-state index >= 15 is 0 Å². The summed E-state index contributed by atoms with van der Waals surface area (Å²) in [5.74, 6) is 0.932. The van der Waals surface area contributed by atoms with Gasteiger partial charge in [0.2, 0.25) is 0 Å². The molecule has 18 heavy (non-hydrogen) atoms. The molecule has 3 rings (SSSR count). The summed E-state index contributed by atoms with van der Waals surface area (Å²) in [5.41, 5.74) is 2.55. The van der Waals surface area contributed by atoms with Gasteiger partial charge in [-0.3, -0.25) is 0 Å². The van der Waals surface area contributed by atoms with Crippen molar-refractivity contribution in [1.29, 1.82) is 0 Å². The van der Waals surface area contributed by atoms with Crippen molar-refractivity contribution >= 4 is 0 Å². The molecule has 92 valence electrons. The third-order valence-electron chi connectivity index (χ3n) is 3.35. The van der Waals surface area contributed by atoms with Crippen LogP contribution in [0.3, 0.4) is 0 Å². The smallest absolute Gasteiger partial charge is 0.119 e. The van der Waals surface area contributed by atoms with Crippen molar-refractivity contribution in [3.05, 3.63) is 65.7 Å². The van der Waals surface area contributed by atoms with Crippen LogP contribution in [0.4, 0.5) is 0 Å². The van der Waals surface area contributed by atoms with E-state index in [-0.39, 0.29) is 0 Å². The molecule has 0 amide bonds. The zero-order chi connectivity index (χ0) is 12.2. The second kappa shape index (κ2) is 5.23. The molecule has 1 atom stereocenters. The van der Waals surface area contributed by atoms with Crippen molar-refractivity contribution in [3.8, 4) is 5.75 Å². The molecular formula is C16H17NO. The topological polar surface area (TPSA) is 21.3 Å². The van der Waals surface area contributed by atoms with Gasteiger partial charge in [0, 0.05) is 6.04 Å². The number of ether oxygens (including phenoxy) is 1. The van der Waals surface area contributed by atoms with Crippen LogP contribution in [0.15, 0.2) is 54.6 Å². The van der Waals surface area contributed by atoms with Gasteiger partial charge in [0.15, 0.2) is 0 Å². The van der Waals surface area contributed by atoms with E-state index in [1.165, 1.54) is 17.5 Å². The lowest BCUT2D eigenvalue weighted by atomic mass is 9.98. The number of hydrogen-bond donors (Lipinski definition) is 1. The maximum atomic E-state index is 5.76. The predicted molar refractivity (Wildman–Crippen MR) is 72.6 cm³/mol. The van der Waals surface area contributed by atoms with Crippen LogP contribution >= 0.6 is 0 Å². The van der Waals surface area contributed by atoms with Gasteiger partial charge in [-0.1, -0.05) is 42.5 Å². The molecule has 0 saturated carbocycles. The highest BCUT2D eigenvalue weighted by Crippen LogP contribution is 2.24. The quantitative estimate of drug-likeness (QED) is 0.884. The number of nitrogens with one attached hydrogen (secondary N) is 1. The molecule has 1 heterocycles. The number of rotatable bonds is 4. The van der Waals surface area contributed by atoms with Crippen LogP contribution in [0.2, 0.25) is 0 Å². The molecule has 2 aromatic carbocycles. The molecule has 0 bridgehead atoms. The fourth-order valence-corrected chi connectivity index (χ4v) is 2.11. The Kier molecular flexibility index (Phi) is 3.29. The minimum Gasteiger partial charge on any atom is -0.489 e. The van der Waals surface area contributed by atoms with E-state index in [1.807, 2.05) is 18.2 Å². The molecule has 1 aliphatic rings. The van der Waals surface area contributed by atoms with E-state index in [9.17, 15) is 0 Å². The number of benzene rings is 2. The number of hydrogen-bond acceptors (Lipinski definition) is 2. The monoisotopic (exact) mass is 239 g/mol. The first-order valence-corrected chi connectivity index (χ1v) is 6.42. The second-order valence-electron chi connectivity index (χ2n) is 4.64.